The molecular weight excluding hydrogens is 278 g/mol. The zero-order valence-corrected chi connectivity index (χ0v) is 13.4. The third-order valence-electron chi connectivity index (χ3n) is 3.88. The summed E-state index contributed by atoms with van der Waals surface area (Å²) < 4.78 is 0. The van der Waals surface area contributed by atoms with Crippen LogP contribution >= 0.6 is 0 Å². The zero-order valence-electron chi connectivity index (χ0n) is 13.4. The quantitative estimate of drug-likeness (QED) is 0.648. The van der Waals surface area contributed by atoms with Crippen LogP contribution in [0.4, 0.5) is 0 Å². The van der Waals surface area contributed by atoms with Crippen molar-refractivity contribution in [1.82, 2.24) is 4.90 Å². The Morgan fingerprint density at radius 2 is 2.05 bits per heavy atom. The van der Waals surface area contributed by atoms with E-state index in [4.69, 9.17) is 10.6 Å². The lowest BCUT2D eigenvalue weighted by atomic mass is 9.89. The summed E-state index contributed by atoms with van der Waals surface area (Å²) in [4.78, 5) is 18.9. The first-order chi connectivity index (χ1) is 10.6. The number of likely N-dealkylation sites (tertiary alicyclic amines) is 1. The van der Waals surface area contributed by atoms with E-state index in [0.29, 0.717) is 12.5 Å². The molecule has 1 fully saturated rings. The number of nitrogens with two attached hydrogens (primary N) is 1. The van der Waals surface area contributed by atoms with E-state index < -0.39 is 0 Å². The molecule has 2 rings (SSSR count). The van der Waals surface area contributed by atoms with Gasteiger partial charge >= 0.3 is 0 Å². The lowest BCUT2D eigenvalue weighted by Crippen LogP contribution is -2.43. The summed E-state index contributed by atoms with van der Waals surface area (Å²) in [5.74, 6) is 0.0901. The Balaban J connectivity index is 2.01. The van der Waals surface area contributed by atoms with Crippen LogP contribution in [0, 0.1) is 5.92 Å². The van der Waals surface area contributed by atoms with Crippen LogP contribution < -0.4 is 5.73 Å². The summed E-state index contributed by atoms with van der Waals surface area (Å²) >= 11 is 0. The van der Waals surface area contributed by atoms with Gasteiger partial charge in [-0.2, -0.15) is 0 Å². The number of hydrogen-bond acceptors (Lipinski definition) is 4. The van der Waals surface area contributed by atoms with Crippen LogP contribution in [0.1, 0.15) is 38.3 Å². The molecule has 22 heavy (non-hydrogen) atoms. The molecule has 0 radical (unpaired) electrons. The lowest BCUT2D eigenvalue weighted by Gasteiger charge is -2.38. The van der Waals surface area contributed by atoms with Gasteiger partial charge in [-0.25, -0.2) is 0 Å². The minimum absolute atomic E-state index is 0.251. The number of primary amides is 1. The van der Waals surface area contributed by atoms with Crippen molar-refractivity contribution in [2.75, 3.05) is 19.7 Å². The summed E-state index contributed by atoms with van der Waals surface area (Å²) in [6.45, 7) is 5.49. The summed E-state index contributed by atoms with van der Waals surface area (Å²) in [7, 11) is 0. The van der Waals surface area contributed by atoms with Crippen LogP contribution in [-0.4, -0.2) is 36.2 Å². The predicted octanol–water partition coefficient (Wildman–Crippen LogP) is 2.34. The Hall–Kier alpha value is -1.88. The van der Waals surface area contributed by atoms with Gasteiger partial charge in [0, 0.05) is 18.5 Å². The Labute approximate surface area is 132 Å². The number of carbonyl (C=O) groups excluding carboxylic acids is 1. The van der Waals surface area contributed by atoms with Gasteiger partial charge in [-0.3, -0.25) is 9.69 Å². The molecule has 5 nitrogen and oxygen atoms in total. The van der Waals surface area contributed by atoms with Gasteiger partial charge in [0.25, 0.3) is 0 Å². The molecule has 2 atom stereocenters. The smallest absolute Gasteiger partial charge is 0.231 e. The number of amides is 1. The van der Waals surface area contributed by atoms with E-state index in [1.807, 2.05) is 32.0 Å². The van der Waals surface area contributed by atoms with E-state index in [1.165, 1.54) is 5.56 Å². The van der Waals surface area contributed by atoms with Crippen LogP contribution in [0.25, 0.3) is 0 Å². The molecule has 0 unspecified atom stereocenters. The number of nitrogens with zero attached hydrogens (tertiary/aromatic N) is 2. The van der Waals surface area contributed by atoms with Gasteiger partial charge in [0.15, 0.2) is 0 Å². The normalized spacial score (nSPS) is 22.1. The van der Waals surface area contributed by atoms with Crippen LogP contribution in [0.2, 0.25) is 0 Å². The second-order valence-corrected chi connectivity index (χ2v) is 6.10. The van der Waals surface area contributed by atoms with Crippen molar-refractivity contribution in [2.24, 2.45) is 16.8 Å². The number of hydrogen-bond donors (Lipinski definition) is 1. The van der Waals surface area contributed by atoms with Gasteiger partial charge in [-0.15, -0.1) is 0 Å². The Bertz CT molecular complexity index is 512. The highest BCUT2D eigenvalue weighted by Gasteiger charge is 2.30. The van der Waals surface area contributed by atoms with Crippen molar-refractivity contribution >= 4 is 11.6 Å². The number of carbonyl (C=O) groups is 1. The van der Waals surface area contributed by atoms with Gasteiger partial charge < -0.3 is 10.6 Å². The maximum absolute atomic E-state index is 11.4. The molecule has 5 heteroatoms. The van der Waals surface area contributed by atoms with E-state index in [1.54, 1.807) is 0 Å². The molecule has 0 aromatic heterocycles. The van der Waals surface area contributed by atoms with Crippen molar-refractivity contribution in [1.29, 1.82) is 0 Å². The fourth-order valence-electron chi connectivity index (χ4n) is 2.96. The third-order valence-corrected chi connectivity index (χ3v) is 3.88. The summed E-state index contributed by atoms with van der Waals surface area (Å²) in [5.41, 5.74) is 7.57. The summed E-state index contributed by atoms with van der Waals surface area (Å²) in [5, 5.41) is 3.99. The summed E-state index contributed by atoms with van der Waals surface area (Å²) in [6.07, 6.45) is 2.06. The molecule has 0 saturated carbocycles. The average molecular weight is 303 g/mol. The van der Waals surface area contributed by atoms with Gasteiger partial charge in [-0.05, 0) is 32.3 Å². The SMILES string of the molecule is CC(C)=NOC[C@H]1CC[C@@H](c2ccccc2)N(CC(N)=O)C1. The largest absolute Gasteiger partial charge is 0.396 e. The van der Waals surface area contributed by atoms with Crippen LogP contribution in [0.15, 0.2) is 35.5 Å². The molecule has 2 N–H and O–H groups in total. The maximum Gasteiger partial charge on any atom is 0.231 e. The van der Waals surface area contributed by atoms with Crippen LogP contribution in [-0.2, 0) is 9.63 Å². The first-order valence-corrected chi connectivity index (χ1v) is 7.76. The summed E-state index contributed by atoms with van der Waals surface area (Å²) in [6, 6.07) is 10.5. The van der Waals surface area contributed by atoms with E-state index in [9.17, 15) is 4.79 Å². The Morgan fingerprint density at radius 1 is 1.32 bits per heavy atom. The number of benzene rings is 1. The van der Waals surface area contributed by atoms with Gasteiger partial charge in [-0.1, -0.05) is 35.5 Å². The van der Waals surface area contributed by atoms with E-state index in [-0.39, 0.29) is 18.5 Å². The minimum Gasteiger partial charge on any atom is -0.396 e. The Kier molecular flexibility index (Phi) is 5.95. The topological polar surface area (TPSA) is 67.9 Å². The number of oxime groups is 1. The molecule has 120 valence electrons. The number of rotatable bonds is 6. The lowest BCUT2D eigenvalue weighted by molar-refractivity contribution is -0.120. The molecule has 1 heterocycles. The van der Waals surface area contributed by atoms with Gasteiger partial charge in [0.05, 0.1) is 12.3 Å². The fraction of sp³-hybridized carbons (Fsp3) is 0.529. The highest BCUT2D eigenvalue weighted by molar-refractivity contribution is 5.78. The van der Waals surface area contributed by atoms with E-state index in [0.717, 1.165) is 25.1 Å². The molecule has 0 bridgehead atoms. The third kappa shape index (κ3) is 4.84. The molecule has 1 aliphatic heterocycles. The van der Waals surface area contributed by atoms with E-state index in [2.05, 4.69) is 22.2 Å². The highest BCUT2D eigenvalue weighted by atomic mass is 16.6. The Morgan fingerprint density at radius 3 is 2.68 bits per heavy atom. The second kappa shape index (κ2) is 7.94. The molecular formula is C17H25N3O2. The van der Waals surface area contributed by atoms with Crippen LogP contribution in [0.3, 0.4) is 0 Å². The van der Waals surface area contributed by atoms with Crippen molar-refractivity contribution in [3.8, 4) is 0 Å². The molecule has 0 spiro atoms. The maximum atomic E-state index is 11.4. The van der Waals surface area contributed by atoms with Crippen molar-refractivity contribution in [3.63, 3.8) is 0 Å². The molecule has 1 saturated heterocycles. The average Bonchev–Trinajstić information content (AvgIpc) is 2.47. The number of piperidine rings is 1. The molecule has 1 aliphatic rings. The minimum atomic E-state index is -0.287. The van der Waals surface area contributed by atoms with Crippen LogP contribution in [0.5, 0.6) is 0 Å². The van der Waals surface area contributed by atoms with E-state index >= 15 is 0 Å². The highest BCUT2D eigenvalue weighted by Crippen LogP contribution is 2.33. The van der Waals surface area contributed by atoms with Gasteiger partial charge in [0.1, 0.15) is 6.61 Å². The zero-order chi connectivity index (χ0) is 15.9. The molecule has 1 aromatic carbocycles. The standard InChI is InChI=1S/C17H25N3O2/c1-13(2)19-22-12-14-8-9-16(15-6-4-3-5-7-15)20(10-14)11-17(18)21/h3-7,14,16H,8-12H2,1-2H3,(H2,18,21)/t14-,16-/m0/s1. The monoisotopic (exact) mass is 303 g/mol. The first-order valence-electron chi connectivity index (χ1n) is 7.76. The van der Waals surface area contributed by atoms with Crippen molar-refractivity contribution < 1.29 is 9.63 Å². The predicted molar refractivity (Wildman–Crippen MR) is 87.4 cm³/mol. The second-order valence-electron chi connectivity index (χ2n) is 6.10. The molecule has 1 amide bonds. The van der Waals surface area contributed by atoms with Crippen molar-refractivity contribution in [3.05, 3.63) is 35.9 Å². The van der Waals surface area contributed by atoms with Crippen molar-refractivity contribution in [2.45, 2.75) is 32.7 Å². The molecule has 0 aliphatic carbocycles. The molecule has 1 aromatic rings. The van der Waals surface area contributed by atoms with Gasteiger partial charge in [0.2, 0.25) is 5.91 Å². The fourth-order valence-corrected chi connectivity index (χ4v) is 2.96. The first kappa shape index (κ1) is 16.5.